The van der Waals surface area contributed by atoms with Crippen molar-refractivity contribution >= 4 is 0 Å². The minimum absolute atomic E-state index is 0.847. The molecule has 0 bridgehead atoms. The summed E-state index contributed by atoms with van der Waals surface area (Å²) in [6, 6.07) is 0. The fraction of sp³-hybridized carbons (Fsp3) is 0.500. The maximum atomic E-state index is 7.00. The molecular formula is C4H9NO2. The third kappa shape index (κ3) is 3.29. The third-order valence-corrected chi connectivity index (χ3v) is 0.449. The van der Waals surface area contributed by atoms with Gasteiger partial charge in [0.2, 0.25) is 0 Å². The van der Waals surface area contributed by atoms with E-state index >= 15 is 0 Å². The smallest absolute Gasteiger partial charge is 0.108 e. The quantitative estimate of drug-likeness (QED) is 0.440. The molecule has 7 heavy (non-hydrogen) atoms. The number of hydroxylamine groups is 1. The highest BCUT2D eigenvalue weighted by Gasteiger charge is 1.81. The lowest BCUT2D eigenvalue weighted by Crippen LogP contribution is -2.02. The Morgan fingerprint density at radius 1 is 1.71 bits per heavy atom. The number of hydrogen-bond acceptors (Lipinski definition) is 3. The Labute approximate surface area is 42.6 Å². The molecule has 42 valence electrons. The Morgan fingerprint density at radius 2 is 2.43 bits per heavy atom. The predicted octanol–water partition coefficient (Wildman–Crippen LogP) is -0.357. The van der Waals surface area contributed by atoms with Crippen LogP contribution < -0.4 is 5.48 Å². The zero-order valence-electron chi connectivity index (χ0n) is 4.22. The molecule has 0 spiro atoms. The molecule has 0 aromatic rings. The van der Waals surface area contributed by atoms with E-state index in [4.69, 9.17) is 5.11 Å². The van der Waals surface area contributed by atoms with Crippen molar-refractivity contribution < 1.29 is 9.94 Å². The zero-order valence-corrected chi connectivity index (χ0v) is 4.22. The number of nitrogens with one attached hydrogen (secondary N) is 1. The van der Waals surface area contributed by atoms with Crippen LogP contribution in [0.1, 0.15) is 0 Å². The van der Waals surface area contributed by atoms with E-state index in [0.29, 0.717) is 0 Å². The Bertz CT molecular complexity index is 47.7. The van der Waals surface area contributed by atoms with E-state index in [-0.39, 0.29) is 0 Å². The summed E-state index contributed by atoms with van der Waals surface area (Å²) in [5, 5.41) is 7.00. The van der Waals surface area contributed by atoms with E-state index in [1.54, 1.807) is 6.26 Å². The SMILES string of the molecule is C1=CONC1.CO. The predicted molar refractivity (Wildman–Crippen MR) is 26.4 cm³/mol. The molecule has 0 aliphatic carbocycles. The molecular weight excluding hydrogens is 94.0 g/mol. The molecule has 2 N–H and O–H groups in total. The van der Waals surface area contributed by atoms with Gasteiger partial charge in [-0.25, -0.2) is 0 Å². The summed E-state index contributed by atoms with van der Waals surface area (Å²) < 4.78 is 0. The molecule has 0 radical (unpaired) electrons. The summed E-state index contributed by atoms with van der Waals surface area (Å²) in [6.07, 6.45) is 3.53. The largest absolute Gasteiger partial charge is 0.417 e. The lowest BCUT2D eigenvalue weighted by molar-refractivity contribution is 0.168. The molecule has 3 nitrogen and oxygen atoms in total. The van der Waals surface area contributed by atoms with Crippen molar-refractivity contribution in [2.75, 3.05) is 13.7 Å². The molecule has 0 atom stereocenters. The van der Waals surface area contributed by atoms with Gasteiger partial charge in [0.1, 0.15) is 6.26 Å². The van der Waals surface area contributed by atoms with Crippen molar-refractivity contribution in [3.63, 3.8) is 0 Å². The second-order valence-corrected chi connectivity index (χ2v) is 0.838. The average Bonchev–Trinajstić information content (AvgIpc) is 2.23. The molecule has 0 fully saturated rings. The van der Waals surface area contributed by atoms with Crippen molar-refractivity contribution in [2.45, 2.75) is 0 Å². The van der Waals surface area contributed by atoms with Crippen molar-refractivity contribution in [3.8, 4) is 0 Å². The first-order chi connectivity index (χ1) is 3.50. The van der Waals surface area contributed by atoms with E-state index in [9.17, 15) is 0 Å². The molecule has 0 amide bonds. The van der Waals surface area contributed by atoms with Crippen molar-refractivity contribution in [1.82, 2.24) is 5.48 Å². The molecule has 3 heteroatoms. The molecule has 0 aromatic heterocycles. The lowest BCUT2D eigenvalue weighted by Gasteiger charge is -1.82. The average molecular weight is 103 g/mol. The van der Waals surface area contributed by atoms with Gasteiger partial charge in [-0.3, -0.25) is 0 Å². The standard InChI is InChI=1S/C3H5NO.CH4O/c1-2-4-5-3-1;1-2/h1,3-4H,2H2;2H,1H3. The van der Waals surface area contributed by atoms with Gasteiger partial charge in [-0.15, -0.1) is 0 Å². The molecule has 0 saturated carbocycles. The fourth-order valence-electron chi connectivity index (χ4n) is 0.241. The lowest BCUT2D eigenvalue weighted by atomic mass is 10.7. The summed E-state index contributed by atoms with van der Waals surface area (Å²) >= 11 is 0. The second kappa shape index (κ2) is 5.46. The summed E-state index contributed by atoms with van der Waals surface area (Å²) in [5.41, 5.74) is 2.61. The van der Waals surface area contributed by atoms with Crippen LogP contribution in [0.3, 0.4) is 0 Å². The highest BCUT2D eigenvalue weighted by atomic mass is 16.6. The first-order valence-corrected chi connectivity index (χ1v) is 1.98. The van der Waals surface area contributed by atoms with Gasteiger partial charge >= 0.3 is 0 Å². The first kappa shape index (κ1) is 6.46. The van der Waals surface area contributed by atoms with Crippen molar-refractivity contribution in [1.29, 1.82) is 0 Å². The van der Waals surface area contributed by atoms with Crippen LogP contribution in [0.15, 0.2) is 12.3 Å². The van der Waals surface area contributed by atoms with Crippen LogP contribution in [0.25, 0.3) is 0 Å². The van der Waals surface area contributed by atoms with Crippen LogP contribution in [0, 0.1) is 0 Å². The van der Waals surface area contributed by atoms with Crippen LogP contribution in [0.5, 0.6) is 0 Å². The first-order valence-electron chi connectivity index (χ1n) is 1.98. The third-order valence-electron chi connectivity index (χ3n) is 0.449. The molecule has 0 aromatic carbocycles. The molecule has 1 aliphatic heterocycles. The van der Waals surface area contributed by atoms with E-state index in [1.807, 2.05) is 6.08 Å². The summed E-state index contributed by atoms with van der Waals surface area (Å²) in [5.74, 6) is 0. The van der Waals surface area contributed by atoms with Gasteiger partial charge in [-0.1, -0.05) is 0 Å². The zero-order chi connectivity index (χ0) is 5.54. The molecule has 0 unspecified atom stereocenters. The van der Waals surface area contributed by atoms with E-state index in [0.717, 1.165) is 13.7 Å². The minimum Gasteiger partial charge on any atom is -0.417 e. The van der Waals surface area contributed by atoms with Gasteiger partial charge in [0, 0.05) is 7.11 Å². The minimum atomic E-state index is 0.847. The fourth-order valence-corrected chi connectivity index (χ4v) is 0.241. The molecule has 1 heterocycles. The number of rotatable bonds is 0. The van der Waals surface area contributed by atoms with Gasteiger partial charge in [0.25, 0.3) is 0 Å². The normalized spacial score (nSPS) is 14.6. The monoisotopic (exact) mass is 103 g/mol. The van der Waals surface area contributed by atoms with E-state index in [1.165, 1.54) is 0 Å². The van der Waals surface area contributed by atoms with Gasteiger partial charge < -0.3 is 9.94 Å². The maximum Gasteiger partial charge on any atom is 0.108 e. The summed E-state index contributed by atoms with van der Waals surface area (Å²) in [6.45, 7) is 0.847. The topological polar surface area (TPSA) is 41.5 Å². The van der Waals surface area contributed by atoms with Crippen molar-refractivity contribution in [2.24, 2.45) is 0 Å². The number of aliphatic hydroxyl groups is 1. The second-order valence-electron chi connectivity index (χ2n) is 0.838. The number of hydrogen-bond donors (Lipinski definition) is 2. The van der Waals surface area contributed by atoms with Gasteiger partial charge in [-0.05, 0) is 6.08 Å². The highest BCUT2D eigenvalue weighted by Crippen LogP contribution is 1.77. The van der Waals surface area contributed by atoms with Gasteiger partial charge in [0.05, 0.1) is 6.54 Å². The van der Waals surface area contributed by atoms with Crippen molar-refractivity contribution in [3.05, 3.63) is 12.3 Å². The maximum absolute atomic E-state index is 7.00. The highest BCUT2D eigenvalue weighted by molar-refractivity contribution is 4.78. The Balaban J connectivity index is 0.000000162. The Kier molecular flexibility index (Phi) is 5.04. The van der Waals surface area contributed by atoms with Crippen LogP contribution in [-0.4, -0.2) is 18.8 Å². The van der Waals surface area contributed by atoms with Crippen LogP contribution in [0.2, 0.25) is 0 Å². The van der Waals surface area contributed by atoms with E-state index < -0.39 is 0 Å². The summed E-state index contributed by atoms with van der Waals surface area (Å²) in [4.78, 5) is 4.51. The van der Waals surface area contributed by atoms with E-state index in [2.05, 4.69) is 10.3 Å². The van der Waals surface area contributed by atoms with Crippen LogP contribution >= 0.6 is 0 Å². The van der Waals surface area contributed by atoms with Crippen LogP contribution in [0.4, 0.5) is 0 Å². The van der Waals surface area contributed by atoms with Gasteiger partial charge in [0.15, 0.2) is 0 Å². The Hall–Kier alpha value is -0.540. The molecule has 1 rings (SSSR count). The molecule has 0 saturated heterocycles. The summed E-state index contributed by atoms with van der Waals surface area (Å²) in [7, 11) is 1.00. The number of aliphatic hydroxyl groups excluding tert-OH is 1. The molecule has 1 aliphatic rings. The van der Waals surface area contributed by atoms with Gasteiger partial charge in [-0.2, -0.15) is 5.48 Å². The Morgan fingerprint density at radius 3 is 2.57 bits per heavy atom. The van der Waals surface area contributed by atoms with Crippen LogP contribution in [-0.2, 0) is 4.84 Å².